The summed E-state index contributed by atoms with van der Waals surface area (Å²) in [4.78, 5) is 0. The van der Waals surface area contributed by atoms with Gasteiger partial charge in [-0.3, -0.25) is 0 Å². The topological polar surface area (TPSA) is 18.5 Å². The fourth-order valence-electron chi connectivity index (χ4n) is 3.04. The number of halogens is 1. The van der Waals surface area contributed by atoms with Crippen LogP contribution in [-0.2, 0) is 0 Å². The standard InChI is InChI=1S/C20H15BrO2/c1-22-15-9-6-14(7-10-15)19-17(21)12-23-18-11-8-13-4-2-3-5-16(13)20(18)19/h2-11H,12H2,1H3. The fraction of sp³-hybridized carbons (Fsp3) is 0.100. The van der Waals surface area contributed by atoms with Crippen LogP contribution < -0.4 is 9.47 Å². The van der Waals surface area contributed by atoms with Crippen molar-refractivity contribution in [1.82, 2.24) is 0 Å². The minimum absolute atomic E-state index is 0.548. The van der Waals surface area contributed by atoms with Crippen molar-refractivity contribution in [1.29, 1.82) is 0 Å². The highest BCUT2D eigenvalue weighted by molar-refractivity contribution is 9.11. The molecule has 3 aromatic rings. The van der Waals surface area contributed by atoms with Crippen LogP contribution in [-0.4, -0.2) is 13.7 Å². The summed E-state index contributed by atoms with van der Waals surface area (Å²) in [7, 11) is 1.68. The molecular weight excluding hydrogens is 352 g/mol. The van der Waals surface area contributed by atoms with E-state index in [2.05, 4.69) is 64.5 Å². The smallest absolute Gasteiger partial charge is 0.128 e. The molecule has 1 aliphatic rings. The van der Waals surface area contributed by atoms with E-state index in [9.17, 15) is 0 Å². The van der Waals surface area contributed by atoms with Gasteiger partial charge in [0, 0.05) is 15.6 Å². The lowest BCUT2D eigenvalue weighted by Crippen LogP contribution is -2.09. The maximum absolute atomic E-state index is 5.91. The van der Waals surface area contributed by atoms with Crippen molar-refractivity contribution < 1.29 is 9.47 Å². The number of ether oxygens (including phenoxy) is 2. The average Bonchev–Trinajstić information content (AvgIpc) is 2.61. The van der Waals surface area contributed by atoms with Gasteiger partial charge in [-0.05, 0) is 34.5 Å². The molecule has 4 rings (SSSR count). The van der Waals surface area contributed by atoms with Crippen molar-refractivity contribution in [2.75, 3.05) is 13.7 Å². The summed E-state index contributed by atoms with van der Waals surface area (Å²) in [6.07, 6.45) is 0. The van der Waals surface area contributed by atoms with Crippen LogP contribution in [0.3, 0.4) is 0 Å². The van der Waals surface area contributed by atoms with Gasteiger partial charge >= 0.3 is 0 Å². The lowest BCUT2D eigenvalue weighted by molar-refractivity contribution is 0.356. The van der Waals surface area contributed by atoms with Gasteiger partial charge in [0.1, 0.15) is 18.1 Å². The Morgan fingerprint density at radius 1 is 0.957 bits per heavy atom. The first-order valence-corrected chi connectivity index (χ1v) is 8.25. The average molecular weight is 367 g/mol. The minimum Gasteiger partial charge on any atom is -0.497 e. The highest BCUT2D eigenvalue weighted by Crippen LogP contribution is 2.43. The molecule has 0 fully saturated rings. The van der Waals surface area contributed by atoms with Crippen LogP contribution in [0.25, 0.3) is 16.3 Å². The Kier molecular flexibility index (Phi) is 3.58. The Morgan fingerprint density at radius 3 is 2.52 bits per heavy atom. The molecular formula is C20H15BrO2. The van der Waals surface area contributed by atoms with Gasteiger partial charge in [0.2, 0.25) is 0 Å². The Labute approximate surface area is 143 Å². The molecule has 114 valence electrons. The SMILES string of the molecule is COc1ccc(C2=C(Br)COc3ccc4ccccc4c32)cc1. The van der Waals surface area contributed by atoms with E-state index in [0.717, 1.165) is 27.1 Å². The molecule has 2 nitrogen and oxygen atoms in total. The second-order valence-corrected chi connectivity index (χ2v) is 6.41. The molecule has 0 aliphatic carbocycles. The van der Waals surface area contributed by atoms with Crippen LogP contribution in [0.2, 0.25) is 0 Å². The van der Waals surface area contributed by atoms with Gasteiger partial charge in [-0.15, -0.1) is 0 Å². The second kappa shape index (κ2) is 5.74. The second-order valence-electron chi connectivity index (χ2n) is 5.46. The number of hydrogen-bond donors (Lipinski definition) is 0. The molecule has 0 unspecified atom stereocenters. The molecule has 0 atom stereocenters. The Bertz CT molecular complexity index is 911. The molecule has 1 aliphatic heterocycles. The Hall–Kier alpha value is -2.26. The highest BCUT2D eigenvalue weighted by Gasteiger charge is 2.22. The van der Waals surface area contributed by atoms with E-state index in [4.69, 9.17) is 9.47 Å². The minimum atomic E-state index is 0.548. The normalized spacial score (nSPS) is 13.7. The van der Waals surface area contributed by atoms with E-state index in [1.165, 1.54) is 16.3 Å². The van der Waals surface area contributed by atoms with Gasteiger partial charge < -0.3 is 9.47 Å². The maximum atomic E-state index is 5.91. The van der Waals surface area contributed by atoms with Crippen LogP contribution >= 0.6 is 15.9 Å². The zero-order chi connectivity index (χ0) is 15.8. The van der Waals surface area contributed by atoms with Gasteiger partial charge in [-0.1, -0.05) is 58.4 Å². The van der Waals surface area contributed by atoms with E-state index in [1.54, 1.807) is 7.11 Å². The first-order valence-electron chi connectivity index (χ1n) is 7.46. The molecule has 0 saturated carbocycles. The number of hydrogen-bond acceptors (Lipinski definition) is 2. The van der Waals surface area contributed by atoms with Crippen LogP contribution in [0.1, 0.15) is 11.1 Å². The third-order valence-corrected chi connectivity index (χ3v) is 4.77. The summed E-state index contributed by atoms with van der Waals surface area (Å²) >= 11 is 3.71. The predicted molar refractivity (Wildman–Crippen MR) is 97.4 cm³/mol. The highest BCUT2D eigenvalue weighted by atomic mass is 79.9. The molecule has 0 N–H and O–H groups in total. The largest absolute Gasteiger partial charge is 0.497 e. The molecule has 3 heteroatoms. The summed E-state index contributed by atoms with van der Waals surface area (Å²) in [6.45, 7) is 0.548. The van der Waals surface area contributed by atoms with E-state index in [1.807, 2.05) is 12.1 Å². The summed E-state index contributed by atoms with van der Waals surface area (Å²) < 4.78 is 12.2. The lowest BCUT2D eigenvalue weighted by atomic mass is 9.91. The van der Waals surface area contributed by atoms with Crippen LogP contribution in [0.4, 0.5) is 0 Å². The fourth-order valence-corrected chi connectivity index (χ4v) is 3.58. The molecule has 0 saturated heterocycles. The maximum Gasteiger partial charge on any atom is 0.128 e. The zero-order valence-electron chi connectivity index (χ0n) is 12.7. The Morgan fingerprint density at radius 2 is 1.74 bits per heavy atom. The van der Waals surface area contributed by atoms with Crippen molar-refractivity contribution in [2.24, 2.45) is 0 Å². The van der Waals surface area contributed by atoms with Gasteiger partial charge in [0.05, 0.1) is 7.11 Å². The van der Waals surface area contributed by atoms with Crippen LogP contribution in [0.15, 0.2) is 65.1 Å². The molecule has 23 heavy (non-hydrogen) atoms. The summed E-state index contributed by atoms with van der Waals surface area (Å²) in [5.74, 6) is 1.79. The summed E-state index contributed by atoms with van der Waals surface area (Å²) in [5.41, 5.74) is 3.48. The van der Waals surface area contributed by atoms with E-state index >= 15 is 0 Å². The molecule has 0 amide bonds. The van der Waals surface area contributed by atoms with E-state index in [0.29, 0.717) is 6.61 Å². The van der Waals surface area contributed by atoms with Crippen molar-refractivity contribution in [3.05, 3.63) is 76.3 Å². The Balaban J connectivity index is 1.98. The summed E-state index contributed by atoms with van der Waals surface area (Å²) in [6, 6.07) is 20.7. The first-order chi connectivity index (χ1) is 11.3. The molecule has 0 aromatic heterocycles. The predicted octanol–water partition coefficient (Wildman–Crippen LogP) is 5.40. The summed E-state index contributed by atoms with van der Waals surface area (Å²) in [5, 5.41) is 2.41. The van der Waals surface area contributed by atoms with Gasteiger partial charge in [0.15, 0.2) is 0 Å². The number of methoxy groups -OCH3 is 1. The van der Waals surface area contributed by atoms with Gasteiger partial charge in [-0.25, -0.2) is 0 Å². The van der Waals surface area contributed by atoms with E-state index in [-0.39, 0.29) is 0 Å². The first kappa shape index (κ1) is 14.3. The van der Waals surface area contributed by atoms with Gasteiger partial charge in [0.25, 0.3) is 0 Å². The third kappa shape index (κ3) is 2.41. The molecule has 1 heterocycles. The molecule has 3 aromatic carbocycles. The molecule has 0 bridgehead atoms. The molecule has 0 spiro atoms. The number of fused-ring (bicyclic) bond motifs is 3. The van der Waals surface area contributed by atoms with Crippen molar-refractivity contribution in [3.8, 4) is 11.5 Å². The monoisotopic (exact) mass is 366 g/mol. The van der Waals surface area contributed by atoms with E-state index < -0.39 is 0 Å². The third-order valence-electron chi connectivity index (χ3n) is 4.15. The van der Waals surface area contributed by atoms with Crippen molar-refractivity contribution in [2.45, 2.75) is 0 Å². The van der Waals surface area contributed by atoms with Crippen molar-refractivity contribution in [3.63, 3.8) is 0 Å². The number of benzene rings is 3. The number of rotatable bonds is 2. The van der Waals surface area contributed by atoms with Crippen LogP contribution in [0.5, 0.6) is 11.5 Å². The quantitative estimate of drug-likeness (QED) is 0.604. The van der Waals surface area contributed by atoms with Crippen LogP contribution in [0, 0.1) is 0 Å². The lowest BCUT2D eigenvalue weighted by Gasteiger charge is -2.23. The van der Waals surface area contributed by atoms with Crippen molar-refractivity contribution >= 4 is 32.3 Å². The zero-order valence-corrected chi connectivity index (χ0v) is 14.3. The van der Waals surface area contributed by atoms with Gasteiger partial charge in [-0.2, -0.15) is 0 Å². The molecule has 0 radical (unpaired) electrons.